The van der Waals surface area contributed by atoms with E-state index in [-0.39, 0.29) is 17.2 Å². The van der Waals surface area contributed by atoms with Crippen molar-refractivity contribution < 1.29 is 4.79 Å². The minimum absolute atomic E-state index is 0.0725. The van der Waals surface area contributed by atoms with E-state index in [1.165, 1.54) is 6.42 Å². The lowest BCUT2D eigenvalue weighted by atomic mass is 9.68. The van der Waals surface area contributed by atoms with E-state index in [4.69, 9.17) is 18.0 Å². The lowest BCUT2D eigenvalue weighted by Gasteiger charge is -2.37. The Bertz CT molecular complexity index is 525. The van der Waals surface area contributed by atoms with Crippen molar-refractivity contribution in [3.05, 3.63) is 29.8 Å². The van der Waals surface area contributed by atoms with Crippen molar-refractivity contribution in [3.8, 4) is 0 Å². The molecule has 0 bridgehead atoms. The molecule has 1 unspecified atom stereocenters. The maximum absolute atomic E-state index is 12.5. The zero-order chi connectivity index (χ0) is 14.8. The molecule has 0 aromatic heterocycles. The normalized spacial score (nSPS) is 21.2. The Hall–Kier alpha value is -1.42. The van der Waals surface area contributed by atoms with Gasteiger partial charge in [-0.05, 0) is 30.4 Å². The predicted molar refractivity (Wildman–Crippen MR) is 86.7 cm³/mol. The molecule has 1 aromatic rings. The van der Waals surface area contributed by atoms with Crippen molar-refractivity contribution in [2.75, 3.05) is 5.32 Å². The third kappa shape index (κ3) is 3.37. The highest BCUT2D eigenvalue weighted by Gasteiger charge is 2.37. The Kier molecular flexibility index (Phi) is 4.43. The lowest BCUT2D eigenvalue weighted by molar-refractivity contribution is -0.124. The molecule has 0 spiro atoms. The van der Waals surface area contributed by atoms with Crippen LogP contribution >= 0.6 is 12.2 Å². The van der Waals surface area contributed by atoms with Gasteiger partial charge in [0.15, 0.2) is 0 Å². The first kappa shape index (κ1) is 15.0. The van der Waals surface area contributed by atoms with Gasteiger partial charge in [0.05, 0.1) is 0 Å². The number of benzene rings is 1. The zero-order valence-electron chi connectivity index (χ0n) is 12.1. The quantitative estimate of drug-likeness (QED) is 0.838. The molecule has 1 amide bonds. The molecule has 1 saturated carbocycles. The average molecular weight is 290 g/mol. The molecule has 4 heteroatoms. The van der Waals surface area contributed by atoms with E-state index in [1.807, 2.05) is 24.3 Å². The van der Waals surface area contributed by atoms with Crippen LogP contribution in [0.2, 0.25) is 0 Å². The van der Waals surface area contributed by atoms with Crippen LogP contribution in [0.15, 0.2) is 24.3 Å². The van der Waals surface area contributed by atoms with Crippen molar-refractivity contribution in [2.45, 2.75) is 39.5 Å². The van der Waals surface area contributed by atoms with E-state index in [1.54, 1.807) is 0 Å². The van der Waals surface area contributed by atoms with Crippen LogP contribution in [0.25, 0.3) is 0 Å². The van der Waals surface area contributed by atoms with Crippen LogP contribution in [0.4, 0.5) is 5.69 Å². The van der Waals surface area contributed by atoms with E-state index < -0.39 is 0 Å². The van der Waals surface area contributed by atoms with Gasteiger partial charge < -0.3 is 11.1 Å². The van der Waals surface area contributed by atoms with Crippen LogP contribution in [0.3, 0.4) is 0 Å². The first-order valence-electron chi connectivity index (χ1n) is 7.11. The van der Waals surface area contributed by atoms with Gasteiger partial charge in [-0.3, -0.25) is 4.79 Å². The summed E-state index contributed by atoms with van der Waals surface area (Å²) in [6.07, 6.45) is 4.42. The highest BCUT2D eigenvalue weighted by atomic mass is 32.1. The average Bonchev–Trinajstić information content (AvgIpc) is 2.38. The Morgan fingerprint density at radius 2 is 2.15 bits per heavy atom. The molecule has 1 fully saturated rings. The van der Waals surface area contributed by atoms with Gasteiger partial charge >= 0.3 is 0 Å². The summed E-state index contributed by atoms with van der Waals surface area (Å²) >= 11 is 4.96. The van der Waals surface area contributed by atoms with Gasteiger partial charge in [0.25, 0.3) is 0 Å². The Balaban J connectivity index is 2.11. The van der Waals surface area contributed by atoms with Crippen molar-refractivity contribution in [3.63, 3.8) is 0 Å². The minimum Gasteiger partial charge on any atom is -0.389 e. The number of rotatable bonds is 3. The van der Waals surface area contributed by atoms with Crippen LogP contribution in [0.1, 0.15) is 45.1 Å². The van der Waals surface area contributed by atoms with E-state index in [0.717, 1.165) is 30.5 Å². The van der Waals surface area contributed by atoms with Gasteiger partial charge in [-0.1, -0.05) is 51.0 Å². The lowest BCUT2D eigenvalue weighted by Crippen LogP contribution is -2.37. The Morgan fingerprint density at radius 3 is 2.80 bits per heavy atom. The molecule has 1 aromatic carbocycles. The van der Waals surface area contributed by atoms with E-state index >= 15 is 0 Å². The summed E-state index contributed by atoms with van der Waals surface area (Å²) in [7, 11) is 0. The molecule has 108 valence electrons. The minimum atomic E-state index is 0.0725. The SMILES string of the molecule is CC1(C)CCCCC1C(=O)Nc1cccc(C(N)=S)c1. The largest absolute Gasteiger partial charge is 0.389 e. The number of amides is 1. The highest BCUT2D eigenvalue weighted by Crippen LogP contribution is 2.41. The summed E-state index contributed by atoms with van der Waals surface area (Å²) in [6, 6.07) is 7.41. The van der Waals surface area contributed by atoms with Crippen LogP contribution in [-0.2, 0) is 4.79 Å². The molecule has 3 N–H and O–H groups in total. The molecule has 1 aliphatic rings. The van der Waals surface area contributed by atoms with E-state index in [0.29, 0.717) is 4.99 Å². The van der Waals surface area contributed by atoms with Crippen LogP contribution in [-0.4, -0.2) is 10.9 Å². The first-order valence-corrected chi connectivity index (χ1v) is 7.52. The van der Waals surface area contributed by atoms with Gasteiger partial charge in [0.1, 0.15) is 4.99 Å². The molecular formula is C16H22N2OS. The summed E-state index contributed by atoms with van der Waals surface area (Å²) in [4.78, 5) is 12.8. The first-order chi connectivity index (χ1) is 9.40. The molecule has 0 radical (unpaired) electrons. The maximum atomic E-state index is 12.5. The summed E-state index contributed by atoms with van der Waals surface area (Å²) in [5.74, 6) is 0.180. The molecule has 1 atom stereocenters. The summed E-state index contributed by atoms with van der Waals surface area (Å²) in [6.45, 7) is 4.36. The van der Waals surface area contributed by atoms with Gasteiger partial charge in [-0.15, -0.1) is 0 Å². The van der Waals surface area contributed by atoms with Crippen LogP contribution < -0.4 is 11.1 Å². The fraction of sp³-hybridized carbons (Fsp3) is 0.500. The molecular weight excluding hydrogens is 268 g/mol. The number of hydrogen-bond donors (Lipinski definition) is 2. The highest BCUT2D eigenvalue weighted by molar-refractivity contribution is 7.80. The number of anilines is 1. The number of nitrogens with two attached hydrogens (primary N) is 1. The van der Waals surface area contributed by atoms with Crippen molar-refractivity contribution in [1.82, 2.24) is 0 Å². The monoisotopic (exact) mass is 290 g/mol. The second kappa shape index (κ2) is 5.92. The number of nitrogens with one attached hydrogen (secondary N) is 1. The third-order valence-electron chi connectivity index (χ3n) is 4.24. The molecule has 1 aliphatic carbocycles. The molecule has 0 aliphatic heterocycles. The number of carbonyl (C=O) groups is 1. The Labute approximate surface area is 125 Å². The zero-order valence-corrected chi connectivity index (χ0v) is 12.9. The van der Waals surface area contributed by atoms with Gasteiger partial charge in [-0.25, -0.2) is 0 Å². The third-order valence-corrected chi connectivity index (χ3v) is 4.47. The van der Waals surface area contributed by atoms with Crippen LogP contribution in [0, 0.1) is 11.3 Å². The van der Waals surface area contributed by atoms with Gasteiger partial charge in [0.2, 0.25) is 5.91 Å². The summed E-state index contributed by atoms with van der Waals surface area (Å²) in [5.41, 5.74) is 7.23. The predicted octanol–water partition coefficient (Wildman–Crippen LogP) is 3.48. The fourth-order valence-electron chi connectivity index (χ4n) is 2.96. The van der Waals surface area contributed by atoms with E-state index in [2.05, 4.69) is 19.2 Å². The van der Waals surface area contributed by atoms with Crippen molar-refractivity contribution in [1.29, 1.82) is 0 Å². The summed E-state index contributed by atoms with van der Waals surface area (Å²) in [5, 5.41) is 3.01. The van der Waals surface area contributed by atoms with E-state index in [9.17, 15) is 4.79 Å². The number of thiocarbonyl (C=S) groups is 1. The van der Waals surface area contributed by atoms with Gasteiger partial charge in [0, 0.05) is 17.2 Å². The smallest absolute Gasteiger partial charge is 0.228 e. The van der Waals surface area contributed by atoms with Crippen molar-refractivity contribution >= 4 is 28.8 Å². The number of carbonyl (C=O) groups excluding carboxylic acids is 1. The molecule has 3 nitrogen and oxygen atoms in total. The fourth-order valence-corrected chi connectivity index (χ4v) is 3.09. The second-order valence-corrected chi connectivity index (χ2v) is 6.66. The maximum Gasteiger partial charge on any atom is 0.228 e. The van der Waals surface area contributed by atoms with Gasteiger partial charge in [-0.2, -0.15) is 0 Å². The second-order valence-electron chi connectivity index (χ2n) is 6.22. The topological polar surface area (TPSA) is 55.1 Å². The molecule has 2 rings (SSSR count). The molecule has 20 heavy (non-hydrogen) atoms. The summed E-state index contributed by atoms with van der Waals surface area (Å²) < 4.78 is 0. The molecule has 0 saturated heterocycles. The van der Waals surface area contributed by atoms with Crippen LogP contribution in [0.5, 0.6) is 0 Å². The number of hydrogen-bond acceptors (Lipinski definition) is 2. The van der Waals surface area contributed by atoms with Crippen molar-refractivity contribution in [2.24, 2.45) is 17.1 Å². The Morgan fingerprint density at radius 1 is 1.40 bits per heavy atom. The molecule has 0 heterocycles. The standard InChI is InChI=1S/C16H22N2OS/c1-16(2)9-4-3-8-13(16)15(19)18-12-7-5-6-11(10-12)14(17)20/h5-7,10,13H,3-4,8-9H2,1-2H3,(H2,17,20)(H,18,19).